The first-order valence-electron chi connectivity index (χ1n) is 27.3. The van der Waals surface area contributed by atoms with Crippen molar-refractivity contribution < 1.29 is 4.42 Å². The van der Waals surface area contributed by atoms with E-state index in [-0.39, 0.29) is 0 Å². The van der Waals surface area contributed by atoms with Crippen molar-refractivity contribution >= 4 is 17.2 Å². The molecule has 9 aromatic rings. The molecule has 75 heavy (non-hydrogen) atoms. The first-order chi connectivity index (χ1) is 36.8. The van der Waals surface area contributed by atoms with Crippen LogP contribution in [-0.2, 0) is 12.8 Å². The van der Waals surface area contributed by atoms with E-state index in [0.717, 1.165) is 43.6 Å². The van der Waals surface area contributed by atoms with Gasteiger partial charge in [0, 0.05) is 16.7 Å². The lowest BCUT2D eigenvalue weighted by Gasteiger charge is -2.23. The second kappa shape index (κ2) is 24.4. The third-order valence-corrected chi connectivity index (χ3v) is 14.8. The Labute approximate surface area is 448 Å². The summed E-state index contributed by atoms with van der Waals surface area (Å²) in [7, 11) is 0. The second-order valence-electron chi connectivity index (χ2n) is 19.9. The van der Waals surface area contributed by atoms with Gasteiger partial charge in [-0.05, 0) is 167 Å². The Morgan fingerprint density at radius 1 is 0.507 bits per heavy atom. The fraction of sp³-hybridized carbons (Fsp3) is 0.189. The molecule has 0 saturated carbocycles. The van der Waals surface area contributed by atoms with Crippen molar-refractivity contribution in [3.05, 3.63) is 280 Å². The molecule has 1 aromatic heterocycles. The van der Waals surface area contributed by atoms with Crippen LogP contribution in [0.15, 0.2) is 228 Å². The van der Waals surface area contributed by atoms with Crippen molar-refractivity contribution in [1.29, 1.82) is 0 Å². The van der Waals surface area contributed by atoms with E-state index in [4.69, 9.17) is 4.42 Å². The molecular formula is C74H72O. The fourth-order valence-corrected chi connectivity index (χ4v) is 10.9. The molecule has 3 aliphatic carbocycles. The van der Waals surface area contributed by atoms with Gasteiger partial charge in [-0.2, -0.15) is 0 Å². The van der Waals surface area contributed by atoms with Crippen LogP contribution in [0.2, 0.25) is 0 Å². The highest BCUT2D eigenvalue weighted by Crippen LogP contribution is 2.48. The fourth-order valence-electron chi connectivity index (χ4n) is 10.9. The van der Waals surface area contributed by atoms with E-state index in [1.807, 2.05) is 19.9 Å². The van der Waals surface area contributed by atoms with E-state index in [2.05, 4.69) is 260 Å². The molecule has 374 valence electrons. The molecule has 0 aliphatic heterocycles. The van der Waals surface area contributed by atoms with Crippen LogP contribution >= 0.6 is 0 Å². The summed E-state index contributed by atoms with van der Waals surface area (Å²) in [5, 5.41) is 0. The molecule has 1 nitrogen and oxygen atoms in total. The van der Waals surface area contributed by atoms with E-state index >= 15 is 0 Å². The van der Waals surface area contributed by atoms with Gasteiger partial charge in [-0.1, -0.05) is 251 Å². The van der Waals surface area contributed by atoms with Crippen molar-refractivity contribution in [2.75, 3.05) is 0 Å². The smallest absolute Gasteiger partial charge is 0.138 e. The zero-order valence-electron chi connectivity index (χ0n) is 45.4. The average molecular weight is 977 g/mol. The van der Waals surface area contributed by atoms with Gasteiger partial charge in [-0.15, -0.1) is 0 Å². The number of fused-ring (bicyclic) bond motifs is 4. The van der Waals surface area contributed by atoms with Gasteiger partial charge in [-0.3, -0.25) is 0 Å². The van der Waals surface area contributed by atoms with E-state index in [0.29, 0.717) is 5.92 Å². The van der Waals surface area contributed by atoms with Gasteiger partial charge in [0.25, 0.3) is 0 Å². The molecule has 0 N–H and O–H groups in total. The summed E-state index contributed by atoms with van der Waals surface area (Å²) in [6.45, 7) is 17.2. The summed E-state index contributed by atoms with van der Waals surface area (Å²) in [6.07, 6.45) is 16.6. The van der Waals surface area contributed by atoms with E-state index in [1.54, 1.807) is 0 Å². The summed E-state index contributed by atoms with van der Waals surface area (Å²) < 4.78 is 6.69. The van der Waals surface area contributed by atoms with Crippen LogP contribution < -0.4 is 0 Å². The maximum Gasteiger partial charge on any atom is 0.138 e. The molecule has 1 heteroatoms. The normalized spacial score (nSPS) is 14.0. The first kappa shape index (κ1) is 51.9. The topological polar surface area (TPSA) is 13.1 Å². The average Bonchev–Trinajstić information content (AvgIpc) is 4.04. The van der Waals surface area contributed by atoms with Gasteiger partial charge >= 0.3 is 0 Å². The van der Waals surface area contributed by atoms with Gasteiger partial charge in [0.2, 0.25) is 0 Å². The minimum atomic E-state index is 0.476. The highest BCUT2D eigenvalue weighted by atomic mass is 16.3. The van der Waals surface area contributed by atoms with Crippen molar-refractivity contribution in [3.63, 3.8) is 0 Å². The predicted octanol–water partition coefficient (Wildman–Crippen LogP) is 21.1. The highest BCUT2D eigenvalue weighted by Gasteiger charge is 2.31. The molecule has 1 unspecified atom stereocenters. The molecule has 0 amide bonds. The number of benzene rings is 8. The van der Waals surface area contributed by atoms with Crippen LogP contribution in [0.4, 0.5) is 0 Å². The minimum absolute atomic E-state index is 0.476. The zero-order valence-corrected chi connectivity index (χ0v) is 45.4. The number of hydrogen-bond donors (Lipinski definition) is 0. The van der Waals surface area contributed by atoms with E-state index < -0.39 is 0 Å². The number of aryl methyl sites for hydroxylation is 3. The lowest BCUT2D eigenvalue weighted by Crippen LogP contribution is -2.07. The molecule has 1 heterocycles. The summed E-state index contributed by atoms with van der Waals surface area (Å²) in [6, 6.07) is 69.7. The van der Waals surface area contributed by atoms with Gasteiger partial charge in [0.1, 0.15) is 11.5 Å². The maximum atomic E-state index is 6.69. The summed E-state index contributed by atoms with van der Waals surface area (Å²) in [5.41, 5.74) is 27.8. The van der Waals surface area contributed by atoms with Gasteiger partial charge in [0.15, 0.2) is 0 Å². The largest absolute Gasteiger partial charge is 0.456 e. The number of hydrogen-bond acceptors (Lipinski definition) is 1. The Hall–Kier alpha value is -8.00. The van der Waals surface area contributed by atoms with Crippen molar-refractivity contribution in [3.8, 4) is 55.6 Å². The Balaban J connectivity index is 0.000000166. The molecule has 8 aromatic carbocycles. The van der Waals surface area contributed by atoms with Gasteiger partial charge in [-0.25, -0.2) is 0 Å². The van der Waals surface area contributed by atoms with Gasteiger partial charge < -0.3 is 4.42 Å². The van der Waals surface area contributed by atoms with Crippen molar-refractivity contribution in [1.82, 2.24) is 0 Å². The van der Waals surface area contributed by atoms with Crippen LogP contribution in [0, 0.1) is 20.8 Å². The third kappa shape index (κ3) is 11.7. The number of allylic oxidation sites excluding steroid dienone is 6. The van der Waals surface area contributed by atoms with Crippen LogP contribution in [0.25, 0.3) is 72.9 Å². The second-order valence-corrected chi connectivity index (χ2v) is 19.9. The predicted molar refractivity (Wildman–Crippen MR) is 324 cm³/mol. The quantitative estimate of drug-likeness (QED) is 0.148. The van der Waals surface area contributed by atoms with Crippen molar-refractivity contribution in [2.24, 2.45) is 0 Å². The number of furan rings is 1. The molecule has 12 rings (SSSR count). The Bertz CT molecular complexity index is 3430. The monoisotopic (exact) mass is 977 g/mol. The van der Waals surface area contributed by atoms with Gasteiger partial charge in [0.05, 0.1) is 0 Å². The van der Waals surface area contributed by atoms with Crippen LogP contribution in [0.3, 0.4) is 0 Å². The highest BCUT2D eigenvalue weighted by molar-refractivity contribution is 5.95. The Morgan fingerprint density at radius 2 is 1.04 bits per heavy atom. The molecule has 0 saturated heterocycles. The third-order valence-electron chi connectivity index (χ3n) is 14.8. The number of rotatable bonds is 8. The maximum absolute atomic E-state index is 6.69. The molecule has 3 aliphatic rings. The summed E-state index contributed by atoms with van der Waals surface area (Å²) in [5.74, 6) is 2.62. The molecule has 0 bridgehead atoms. The minimum Gasteiger partial charge on any atom is -0.456 e. The van der Waals surface area contributed by atoms with E-state index in [9.17, 15) is 0 Å². The van der Waals surface area contributed by atoms with Crippen molar-refractivity contribution in [2.45, 2.75) is 93.4 Å². The molecule has 0 spiro atoms. The molecule has 0 radical (unpaired) electrons. The lowest BCUT2D eigenvalue weighted by molar-refractivity contribution is 0.530. The standard InChI is InChI=1S/C40H38O.C19H16.C13H12.C2H6/c1-5-10-30-27(6-2)23-36-31(30)12-9-13-32(36)37-24-29(28-18-15-25(3)16-19-28)20-22-33(37)34-21-17-26(4)39-35-11-7-8-14-38(35)41-40(34)39;1-15-12-18(16-8-4-2-5-9-16)14-19(13-15)17-10-6-3-7-11-17;1-11-7-9-13(10-8-11)12-5-3-2-4-6-12;1-2/h5,8-10,12-16,18-22,24,26H,6-7,11,17,23H2,1-4H3;2-14H,1H3;2-10H,1H3;1-2H3/b10-5-;;;. The summed E-state index contributed by atoms with van der Waals surface area (Å²) in [4.78, 5) is 0. The molecule has 0 fully saturated rings. The lowest BCUT2D eigenvalue weighted by atomic mass is 9.80. The van der Waals surface area contributed by atoms with Crippen LogP contribution in [0.5, 0.6) is 0 Å². The van der Waals surface area contributed by atoms with Crippen LogP contribution in [-0.4, -0.2) is 0 Å². The van der Waals surface area contributed by atoms with Crippen LogP contribution in [0.1, 0.15) is 116 Å². The Morgan fingerprint density at radius 3 is 1.61 bits per heavy atom. The zero-order chi connectivity index (χ0) is 52.3. The first-order valence-corrected chi connectivity index (χ1v) is 27.3. The Kier molecular flexibility index (Phi) is 16.8. The summed E-state index contributed by atoms with van der Waals surface area (Å²) >= 11 is 0. The SMILES string of the molecule is C/C=C\C1=C(CC)Cc2c1cccc2-c1cc(-c2ccc(C)cc2)ccc1C1=CCC(C)c2c1oc1c2CCC=C1.CC.Cc1cc(-c2ccccc2)cc(-c2ccccc2)c1.Cc1ccc(-c2ccccc2)cc1. The van der Waals surface area contributed by atoms with E-state index in [1.165, 1.54) is 117 Å². The molecule has 1 atom stereocenters. The molecular weight excluding hydrogens is 905 g/mol.